The van der Waals surface area contributed by atoms with Crippen molar-refractivity contribution in [1.82, 2.24) is 9.97 Å². The summed E-state index contributed by atoms with van der Waals surface area (Å²) in [4.78, 5) is 17.6. The maximum absolute atomic E-state index is 12.9. The maximum atomic E-state index is 12.9. The number of nitro groups is 1. The average Bonchev–Trinajstić information content (AvgIpc) is 2.37. The SMILES string of the molecule is Cc1c(CNc2cc(F)ncn2)cccc1[N+](=O)[O-]. The smallest absolute Gasteiger partial charge is 0.272 e. The largest absolute Gasteiger partial charge is 0.366 e. The lowest BCUT2D eigenvalue weighted by Crippen LogP contribution is -2.05. The molecule has 98 valence electrons. The van der Waals surface area contributed by atoms with E-state index in [-0.39, 0.29) is 5.69 Å². The second-order valence-corrected chi connectivity index (χ2v) is 3.90. The summed E-state index contributed by atoms with van der Waals surface area (Å²) in [6, 6.07) is 5.99. The summed E-state index contributed by atoms with van der Waals surface area (Å²) < 4.78 is 12.9. The molecule has 7 heteroatoms. The molecule has 1 N–H and O–H groups in total. The zero-order valence-corrected chi connectivity index (χ0v) is 10.1. The van der Waals surface area contributed by atoms with Gasteiger partial charge in [0.1, 0.15) is 12.1 Å². The fraction of sp³-hybridized carbons (Fsp3) is 0.167. The van der Waals surface area contributed by atoms with E-state index in [2.05, 4.69) is 15.3 Å². The first-order valence-electron chi connectivity index (χ1n) is 5.52. The number of halogens is 1. The van der Waals surface area contributed by atoms with Crippen LogP contribution in [0.2, 0.25) is 0 Å². The van der Waals surface area contributed by atoms with E-state index in [9.17, 15) is 14.5 Å². The lowest BCUT2D eigenvalue weighted by Gasteiger charge is -2.08. The first-order chi connectivity index (χ1) is 9.08. The Morgan fingerprint density at radius 2 is 2.21 bits per heavy atom. The molecule has 2 rings (SSSR count). The van der Waals surface area contributed by atoms with E-state index in [4.69, 9.17) is 0 Å². The topological polar surface area (TPSA) is 81.0 Å². The molecular weight excluding hydrogens is 251 g/mol. The average molecular weight is 262 g/mol. The number of benzene rings is 1. The summed E-state index contributed by atoms with van der Waals surface area (Å²) in [5, 5.41) is 13.7. The molecule has 0 bridgehead atoms. The van der Waals surface area contributed by atoms with Gasteiger partial charge in [-0.15, -0.1) is 0 Å². The van der Waals surface area contributed by atoms with Gasteiger partial charge in [-0.3, -0.25) is 10.1 Å². The van der Waals surface area contributed by atoms with Gasteiger partial charge in [-0.2, -0.15) is 4.39 Å². The monoisotopic (exact) mass is 262 g/mol. The minimum atomic E-state index is -0.631. The number of aromatic nitrogens is 2. The highest BCUT2D eigenvalue weighted by atomic mass is 19.1. The summed E-state index contributed by atoms with van der Waals surface area (Å²) in [7, 11) is 0. The van der Waals surface area contributed by atoms with Gasteiger partial charge in [-0.1, -0.05) is 12.1 Å². The van der Waals surface area contributed by atoms with Gasteiger partial charge in [-0.05, 0) is 12.5 Å². The molecule has 6 nitrogen and oxygen atoms in total. The van der Waals surface area contributed by atoms with Gasteiger partial charge in [0.05, 0.1) is 4.92 Å². The molecule has 0 saturated heterocycles. The van der Waals surface area contributed by atoms with Gasteiger partial charge in [-0.25, -0.2) is 9.97 Å². The second-order valence-electron chi connectivity index (χ2n) is 3.90. The summed E-state index contributed by atoms with van der Waals surface area (Å²) in [5.74, 6) is -0.299. The van der Waals surface area contributed by atoms with Crippen molar-refractivity contribution in [2.75, 3.05) is 5.32 Å². The van der Waals surface area contributed by atoms with Crippen LogP contribution in [0.1, 0.15) is 11.1 Å². The van der Waals surface area contributed by atoms with Crippen molar-refractivity contribution >= 4 is 11.5 Å². The van der Waals surface area contributed by atoms with E-state index >= 15 is 0 Å². The summed E-state index contributed by atoms with van der Waals surface area (Å²) in [6.07, 6.45) is 1.11. The molecule has 0 aliphatic carbocycles. The van der Waals surface area contributed by atoms with E-state index < -0.39 is 10.9 Å². The lowest BCUT2D eigenvalue weighted by molar-refractivity contribution is -0.385. The molecule has 0 aliphatic rings. The van der Waals surface area contributed by atoms with Crippen LogP contribution in [-0.4, -0.2) is 14.9 Å². The number of hydrogen-bond donors (Lipinski definition) is 1. The molecule has 1 aromatic carbocycles. The van der Waals surface area contributed by atoms with Gasteiger partial charge in [0.15, 0.2) is 0 Å². The Hall–Kier alpha value is -2.57. The second kappa shape index (κ2) is 5.38. The number of hydrogen-bond acceptors (Lipinski definition) is 5. The van der Waals surface area contributed by atoms with Crippen LogP contribution in [0, 0.1) is 23.0 Å². The van der Waals surface area contributed by atoms with Crippen molar-refractivity contribution < 1.29 is 9.31 Å². The van der Waals surface area contributed by atoms with Crippen LogP contribution in [0.15, 0.2) is 30.6 Å². The van der Waals surface area contributed by atoms with Gasteiger partial charge < -0.3 is 5.32 Å². The number of nitrogens with zero attached hydrogens (tertiary/aromatic N) is 3. The molecule has 0 spiro atoms. The molecule has 0 saturated carbocycles. The zero-order valence-electron chi connectivity index (χ0n) is 10.1. The van der Waals surface area contributed by atoms with Crippen LogP contribution in [0.3, 0.4) is 0 Å². The third-order valence-electron chi connectivity index (χ3n) is 2.71. The fourth-order valence-corrected chi connectivity index (χ4v) is 1.68. The third kappa shape index (κ3) is 3.01. The molecule has 2 aromatic rings. The van der Waals surface area contributed by atoms with Crippen LogP contribution < -0.4 is 5.32 Å². The van der Waals surface area contributed by atoms with Crippen LogP contribution >= 0.6 is 0 Å². The highest BCUT2D eigenvalue weighted by Gasteiger charge is 2.12. The standard InChI is InChI=1S/C12H11FN4O2/c1-8-9(3-2-4-10(8)17(18)19)6-14-12-5-11(13)15-7-16-12/h2-5,7H,6H2,1H3,(H,14,15,16). The quantitative estimate of drug-likeness (QED) is 0.520. The third-order valence-corrected chi connectivity index (χ3v) is 2.71. The van der Waals surface area contributed by atoms with Gasteiger partial charge >= 0.3 is 0 Å². The maximum Gasteiger partial charge on any atom is 0.272 e. The Bertz CT molecular complexity index is 618. The van der Waals surface area contributed by atoms with Crippen LogP contribution in [0.4, 0.5) is 15.9 Å². The van der Waals surface area contributed by atoms with Crippen molar-refractivity contribution in [2.45, 2.75) is 13.5 Å². The molecule has 19 heavy (non-hydrogen) atoms. The number of rotatable bonds is 4. The molecule has 0 atom stereocenters. The van der Waals surface area contributed by atoms with Crippen molar-refractivity contribution in [1.29, 1.82) is 0 Å². The number of anilines is 1. The van der Waals surface area contributed by atoms with Gasteiger partial charge in [0.2, 0.25) is 5.95 Å². The van der Waals surface area contributed by atoms with Gasteiger partial charge in [0, 0.05) is 24.2 Å². The number of nitrogens with one attached hydrogen (secondary N) is 1. The van der Waals surface area contributed by atoms with Crippen LogP contribution in [-0.2, 0) is 6.54 Å². The minimum absolute atomic E-state index is 0.0631. The lowest BCUT2D eigenvalue weighted by atomic mass is 10.1. The Kier molecular flexibility index (Phi) is 3.65. The normalized spacial score (nSPS) is 10.2. The van der Waals surface area contributed by atoms with E-state index in [1.54, 1.807) is 19.1 Å². The van der Waals surface area contributed by atoms with E-state index in [1.807, 2.05) is 0 Å². The predicted molar refractivity (Wildman–Crippen MR) is 67.2 cm³/mol. The molecule has 1 heterocycles. The Labute approximate surface area is 108 Å². The molecule has 0 fully saturated rings. The van der Waals surface area contributed by atoms with Crippen LogP contribution in [0.25, 0.3) is 0 Å². The molecule has 1 aromatic heterocycles. The highest BCUT2D eigenvalue weighted by molar-refractivity contribution is 5.46. The summed E-state index contributed by atoms with van der Waals surface area (Å²) in [6.45, 7) is 2.00. The first-order valence-corrected chi connectivity index (χ1v) is 5.52. The summed E-state index contributed by atoms with van der Waals surface area (Å²) >= 11 is 0. The molecule has 0 amide bonds. The zero-order chi connectivity index (χ0) is 13.8. The van der Waals surface area contributed by atoms with Crippen molar-refractivity contribution in [3.8, 4) is 0 Å². The molecular formula is C12H11FN4O2. The van der Waals surface area contributed by atoms with Gasteiger partial charge in [0.25, 0.3) is 5.69 Å². The van der Waals surface area contributed by atoms with Crippen molar-refractivity contribution in [3.05, 3.63) is 57.8 Å². The molecule has 0 radical (unpaired) electrons. The Balaban J connectivity index is 2.16. The highest BCUT2D eigenvalue weighted by Crippen LogP contribution is 2.21. The summed E-state index contributed by atoms with van der Waals surface area (Å²) in [5.41, 5.74) is 1.40. The van der Waals surface area contributed by atoms with E-state index in [0.717, 1.165) is 18.0 Å². The van der Waals surface area contributed by atoms with E-state index in [1.165, 1.54) is 6.07 Å². The predicted octanol–water partition coefficient (Wildman–Crippen LogP) is 2.44. The Morgan fingerprint density at radius 3 is 2.89 bits per heavy atom. The van der Waals surface area contributed by atoms with Crippen molar-refractivity contribution in [3.63, 3.8) is 0 Å². The van der Waals surface area contributed by atoms with E-state index in [0.29, 0.717) is 17.9 Å². The Morgan fingerprint density at radius 1 is 1.42 bits per heavy atom. The minimum Gasteiger partial charge on any atom is -0.366 e. The molecule has 0 aliphatic heterocycles. The number of nitro benzene ring substituents is 1. The molecule has 0 unspecified atom stereocenters. The first kappa shape index (κ1) is 12.9. The van der Waals surface area contributed by atoms with Crippen molar-refractivity contribution in [2.24, 2.45) is 0 Å². The fourth-order valence-electron chi connectivity index (χ4n) is 1.68. The van der Waals surface area contributed by atoms with Crippen LogP contribution in [0.5, 0.6) is 0 Å².